The molecule has 1 aliphatic rings. The maximum atomic E-state index is 9.29. The highest BCUT2D eigenvalue weighted by Crippen LogP contribution is 2.22. The Labute approximate surface area is 205 Å². The number of nitriles is 1. The van der Waals surface area contributed by atoms with Crippen LogP contribution >= 0.6 is 11.9 Å². The van der Waals surface area contributed by atoms with Gasteiger partial charge in [-0.05, 0) is 67.7 Å². The van der Waals surface area contributed by atoms with Gasteiger partial charge in [0.15, 0.2) is 0 Å². The normalized spacial score (nSPS) is 12.6. The minimum Gasteiger partial charge on any atom is -0.294 e. The second-order valence-corrected chi connectivity index (χ2v) is 8.42. The van der Waals surface area contributed by atoms with Gasteiger partial charge in [0, 0.05) is 61.6 Å². The maximum Gasteiger partial charge on any atom is 0.101 e. The van der Waals surface area contributed by atoms with E-state index >= 15 is 0 Å². The van der Waals surface area contributed by atoms with Crippen molar-refractivity contribution in [3.63, 3.8) is 0 Å². The number of rotatable bonds is 8. The van der Waals surface area contributed by atoms with E-state index in [1.54, 1.807) is 12.4 Å². The van der Waals surface area contributed by atoms with Crippen LogP contribution in [0.2, 0.25) is 0 Å². The van der Waals surface area contributed by atoms with Gasteiger partial charge in [-0.3, -0.25) is 30.2 Å². The van der Waals surface area contributed by atoms with Crippen molar-refractivity contribution >= 4 is 25.4 Å². The summed E-state index contributed by atoms with van der Waals surface area (Å²) in [5, 5.41) is 12.4. The average molecular weight is 473 g/mol. The van der Waals surface area contributed by atoms with Gasteiger partial charge in [-0.1, -0.05) is 6.07 Å². The van der Waals surface area contributed by atoms with Crippen LogP contribution in [-0.2, 0) is 19.5 Å². The molecule has 0 fully saturated rings. The SMILES string of the molecule is C=NCNCc1cnc(-c2ccnc(C)c2)c(C#N)c1.C=NSCN1CCc2ncccc2C1. The molecular formula is C25H28N8S. The Balaban J connectivity index is 0.000000202. The lowest BCUT2D eigenvalue weighted by Gasteiger charge is -2.26. The predicted molar refractivity (Wildman–Crippen MR) is 139 cm³/mol. The molecule has 0 bridgehead atoms. The molecular weight excluding hydrogens is 444 g/mol. The summed E-state index contributed by atoms with van der Waals surface area (Å²) in [5.74, 6) is 0.928. The fourth-order valence-corrected chi connectivity index (χ4v) is 4.01. The molecule has 4 heterocycles. The number of aryl methyl sites for hydroxylation is 1. The largest absolute Gasteiger partial charge is 0.294 e. The number of hydrogen-bond donors (Lipinski definition) is 1. The Hall–Kier alpha value is -3.45. The standard InChI is InChI=1S/C15H15N5.C10H13N3S/c1-11-5-13(3-4-19-11)15-14(7-16)6-12(9-20-15)8-18-10-17-2;1-11-14-8-13-6-4-10-9(7-13)3-2-5-12-10/h3-6,9,18H,2,8,10H2,1H3;2-3,5H,1,4,6-8H2. The van der Waals surface area contributed by atoms with Crippen LogP contribution in [0.25, 0.3) is 11.3 Å². The van der Waals surface area contributed by atoms with E-state index in [4.69, 9.17) is 0 Å². The van der Waals surface area contributed by atoms with Crippen LogP contribution in [0.4, 0.5) is 0 Å². The third kappa shape index (κ3) is 7.28. The number of hydrogen-bond acceptors (Lipinski definition) is 9. The average Bonchev–Trinajstić information content (AvgIpc) is 2.88. The maximum absolute atomic E-state index is 9.29. The Morgan fingerprint density at radius 2 is 2.09 bits per heavy atom. The Kier molecular flexibility index (Phi) is 9.85. The van der Waals surface area contributed by atoms with Crippen molar-refractivity contribution in [3.05, 3.63) is 77.0 Å². The van der Waals surface area contributed by atoms with Crippen molar-refractivity contribution in [2.75, 3.05) is 19.1 Å². The monoisotopic (exact) mass is 472 g/mol. The van der Waals surface area contributed by atoms with Crippen LogP contribution in [0.1, 0.15) is 28.1 Å². The van der Waals surface area contributed by atoms with E-state index in [9.17, 15) is 5.26 Å². The molecule has 0 saturated heterocycles. The zero-order chi connectivity index (χ0) is 24.2. The summed E-state index contributed by atoms with van der Waals surface area (Å²) in [6, 6.07) is 12.0. The van der Waals surface area contributed by atoms with E-state index in [0.29, 0.717) is 24.5 Å². The van der Waals surface area contributed by atoms with Crippen molar-refractivity contribution in [1.29, 1.82) is 5.26 Å². The van der Waals surface area contributed by atoms with Gasteiger partial charge < -0.3 is 0 Å². The van der Waals surface area contributed by atoms with Crippen LogP contribution < -0.4 is 5.32 Å². The van der Waals surface area contributed by atoms with Crippen molar-refractivity contribution in [2.45, 2.75) is 26.4 Å². The summed E-state index contributed by atoms with van der Waals surface area (Å²) in [6.45, 7) is 11.9. The van der Waals surface area contributed by atoms with Gasteiger partial charge in [0.1, 0.15) is 6.07 Å². The predicted octanol–water partition coefficient (Wildman–Crippen LogP) is 3.82. The van der Waals surface area contributed by atoms with Crippen LogP contribution in [0.3, 0.4) is 0 Å². The molecule has 34 heavy (non-hydrogen) atoms. The first-order chi connectivity index (χ1) is 16.6. The van der Waals surface area contributed by atoms with Gasteiger partial charge in [0.25, 0.3) is 0 Å². The molecule has 0 aliphatic carbocycles. The summed E-state index contributed by atoms with van der Waals surface area (Å²) in [5.41, 5.74) is 6.59. The highest BCUT2D eigenvalue weighted by molar-refractivity contribution is 7.98. The number of pyridine rings is 3. The lowest BCUT2D eigenvalue weighted by molar-refractivity contribution is 0.297. The number of nitrogens with one attached hydrogen (secondary N) is 1. The topological polar surface area (TPSA) is 102 Å². The minimum atomic E-state index is 0.479. The molecule has 8 nitrogen and oxygen atoms in total. The second kappa shape index (κ2) is 13.3. The quantitative estimate of drug-likeness (QED) is 0.302. The molecule has 0 spiro atoms. The Morgan fingerprint density at radius 1 is 1.21 bits per heavy atom. The van der Waals surface area contributed by atoms with Crippen molar-refractivity contribution < 1.29 is 0 Å². The van der Waals surface area contributed by atoms with Crippen LogP contribution in [0, 0.1) is 18.3 Å². The van der Waals surface area contributed by atoms with Gasteiger partial charge in [0.2, 0.25) is 0 Å². The number of aromatic nitrogens is 3. The highest BCUT2D eigenvalue weighted by atomic mass is 32.2. The molecule has 0 radical (unpaired) electrons. The molecule has 1 aliphatic heterocycles. The third-order valence-corrected chi connectivity index (χ3v) is 5.83. The number of aliphatic imine (C=N–C) groups is 1. The fraction of sp³-hybridized carbons (Fsp3) is 0.280. The van der Waals surface area contributed by atoms with E-state index in [1.165, 1.54) is 23.2 Å². The van der Waals surface area contributed by atoms with E-state index in [0.717, 1.165) is 42.2 Å². The van der Waals surface area contributed by atoms with Gasteiger partial charge in [-0.25, -0.2) is 4.40 Å². The van der Waals surface area contributed by atoms with E-state index in [1.807, 2.05) is 37.4 Å². The molecule has 3 aromatic heterocycles. The molecule has 0 atom stereocenters. The Bertz CT molecular complexity index is 1160. The first-order valence-electron chi connectivity index (χ1n) is 10.8. The molecule has 0 unspecified atom stereocenters. The summed E-state index contributed by atoms with van der Waals surface area (Å²) < 4.78 is 3.80. The molecule has 174 valence electrons. The number of fused-ring (bicyclic) bond motifs is 1. The summed E-state index contributed by atoms with van der Waals surface area (Å²) in [7, 11) is 0. The lowest BCUT2D eigenvalue weighted by Crippen LogP contribution is -2.30. The van der Waals surface area contributed by atoms with Gasteiger partial charge in [-0.2, -0.15) is 5.26 Å². The summed E-state index contributed by atoms with van der Waals surface area (Å²) in [6.07, 6.45) is 6.41. The first-order valence-corrected chi connectivity index (χ1v) is 11.8. The first kappa shape index (κ1) is 25.2. The molecule has 4 rings (SSSR count). The molecule has 3 aromatic rings. The Morgan fingerprint density at radius 3 is 2.85 bits per heavy atom. The van der Waals surface area contributed by atoms with E-state index in [2.05, 4.69) is 60.1 Å². The third-order valence-electron chi connectivity index (χ3n) is 5.16. The lowest BCUT2D eigenvalue weighted by atomic mass is 10.1. The molecule has 0 saturated carbocycles. The fourth-order valence-electron chi connectivity index (χ4n) is 3.55. The highest BCUT2D eigenvalue weighted by Gasteiger charge is 2.16. The van der Waals surface area contributed by atoms with E-state index < -0.39 is 0 Å². The molecule has 0 aromatic carbocycles. The minimum absolute atomic E-state index is 0.479. The number of nitrogens with zero attached hydrogens (tertiary/aromatic N) is 7. The zero-order valence-electron chi connectivity index (χ0n) is 19.3. The van der Waals surface area contributed by atoms with Crippen LogP contribution in [0.5, 0.6) is 0 Å². The molecule has 0 amide bonds. The molecule has 9 heteroatoms. The van der Waals surface area contributed by atoms with Crippen molar-refractivity contribution in [2.24, 2.45) is 9.39 Å². The van der Waals surface area contributed by atoms with Gasteiger partial charge in [-0.15, -0.1) is 0 Å². The van der Waals surface area contributed by atoms with Crippen LogP contribution in [0.15, 0.2) is 58.3 Å². The second-order valence-electron chi connectivity index (χ2n) is 7.64. The smallest absolute Gasteiger partial charge is 0.101 e. The summed E-state index contributed by atoms with van der Waals surface area (Å²) >= 11 is 1.51. The van der Waals surface area contributed by atoms with Crippen LogP contribution in [-0.4, -0.2) is 52.4 Å². The van der Waals surface area contributed by atoms with Crippen molar-refractivity contribution in [3.8, 4) is 17.3 Å². The van der Waals surface area contributed by atoms with E-state index in [-0.39, 0.29) is 0 Å². The molecule has 1 N–H and O–H groups in total. The van der Waals surface area contributed by atoms with Crippen molar-refractivity contribution in [1.82, 2.24) is 25.2 Å². The van der Waals surface area contributed by atoms with Gasteiger partial charge >= 0.3 is 0 Å². The zero-order valence-corrected chi connectivity index (χ0v) is 20.1. The van der Waals surface area contributed by atoms with Gasteiger partial charge in [0.05, 0.1) is 23.8 Å². The summed E-state index contributed by atoms with van der Waals surface area (Å²) in [4.78, 5) is 19.0.